The molecule has 1 aromatic carbocycles. The van der Waals surface area contributed by atoms with Crippen LogP contribution in [0.3, 0.4) is 0 Å². The molecule has 1 atom stereocenters. The summed E-state index contributed by atoms with van der Waals surface area (Å²) in [6.45, 7) is 7.07. The molecule has 0 saturated heterocycles. The van der Waals surface area contributed by atoms with E-state index in [1.807, 2.05) is 18.2 Å². The minimum absolute atomic E-state index is 0.524. The van der Waals surface area contributed by atoms with Gasteiger partial charge in [0.25, 0.3) is 0 Å². The zero-order valence-electron chi connectivity index (χ0n) is 12.3. The largest absolute Gasteiger partial charge is 0.496 e. The molecule has 1 aromatic rings. The second-order valence-corrected chi connectivity index (χ2v) is 4.89. The van der Waals surface area contributed by atoms with Crippen LogP contribution in [0.4, 0.5) is 0 Å². The Morgan fingerprint density at radius 2 is 2.16 bits per heavy atom. The van der Waals surface area contributed by atoms with E-state index in [1.54, 1.807) is 7.11 Å². The van der Waals surface area contributed by atoms with E-state index in [4.69, 9.17) is 4.74 Å². The van der Waals surface area contributed by atoms with Crippen molar-refractivity contribution >= 4 is 0 Å². The number of hydrogen-bond donors (Lipinski definition) is 1. The van der Waals surface area contributed by atoms with Gasteiger partial charge in [0.15, 0.2) is 0 Å². The number of unbranched alkanes of at least 4 members (excludes halogenated alkanes) is 1. The van der Waals surface area contributed by atoms with Gasteiger partial charge in [0, 0.05) is 6.04 Å². The lowest BCUT2D eigenvalue weighted by atomic mass is 10.00. The Hall–Kier alpha value is -1.28. The zero-order chi connectivity index (χ0) is 13.9. The van der Waals surface area contributed by atoms with Gasteiger partial charge in [-0.2, -0.15) is 0 Å². The van der Waals surface area contributed by atoms with E-state index in [0.717, 1.165) is 25.1 Å². The van der Waals surface area contributed by atoms with Crippen molar-refractivity contribution in [1.82, 2.24) is 5.32 Å². The van der Waals surface area contributed by atoms with Crippen LogP contribution in [-0.4, -0.2) is 19.7 Å². The molecule has 0 aliphatic heterocycles. The van der Waals surface area contributed by atoms with E-state index in [2.05, 4.69) is 31.0 Å². The molecule has 2 heteroatoms. The predicted molar refractivity (Wildman–Crippen MR) is 82.8 cm³/mol. The van der Waals surface area contributed by atoms with Crippen LogP contribution in [0.15, 0.2) is 36.9 Å². The van der Waals surface area contributed by atoms with E-state index in [1.165, 1.54) is 24.8 Å². The van der Waals surface area contributed by atoms with Gasteiger partial charge in [-0.3, -0.25) is 0 Å². The van der Waals surface area contributed by atoms with Crippen LogP contribution in [0.25, 0.3) is 0 Å². The molecule has 0 heterocycles. The molecular formula is C17H27NO. The summed E-state index contributed by atoms with van der Waals surface area (Å²) in [5, 5.41) is 3.64. The van der Waals surface area contributed by atoms with Gasteiger partial charge in [0.05, 0.1) is 7.11 Å². The van der Waals surface area contributed by atoms with Crippen molar-refractivity contribution in [1.29, 1.82) is 0 Å². The first-order chi connectivity index (χ1) is 9.31. The summed E-state index contributed by atoms with van der Waals surface area (Å²) in [7, 11) is 1.74. The van der Waals surface area contributed by atoms with Crippen LogP contribution in [0.5, 0.6) is 5.75 Å². The molecule has 0 radical (unpaired) electrons. The van der Waals surface area contributed by atoms with Crippen molar-refractivity contribution in [3.63, 3.8) is 0 Å². The Bertz CT molecular complexity index is 362. The minimum atomic E-state index is 0.524. The highest BCUT2D eigenvalue weighted by Crippen LogP contribution is 2.20. The van der Waals surface area contributed by atoms with Crippen LogP contribution in [0.1, 0.15) is 38.2 Å². The summed E-state index contributed by atoms with van der Waals surface area (Å²) in [5.41, 5.74) is 1.29. The fraction of sp³-hybridized carbons (Fsp3) is 0.529. The molecule has 19 heavy (non-hydrogen) atoms. The first kappa shape index (κ1) is 15.8. The number of allylic oxidation sites excluding steroid dienone is 1. The molecule has 0 fully saturated rings. The quantitative estimate of drug-likeness (QED) is 0.508. The highest BCUT2D eigenvalue weighted by Gasteiger charge is 2.11. The number of para-hydroxylation sites is 1. The van der Waals surface area contributed by atoms with Crippen molar-refractivity contribution in [3.05, 3.63) is 42.5 Å². The first-order valence-corrected chi connectivity index (χ1v) is 7.28. The fourth-order valence-corrected chi connectivity index (χ4v) is 2.27. The number of methoxy groups -OCH3 is 1. The topological polar surface area (TPSA) is 21.3 Å². The average molecular weight is 261 g/mol. The average Bonchev–Trinajstić information content (AvgIpc) is 2.45. The number of hydrogen-bond acceptors (Lipinski definition) is 2. The van der Waals surface area contributed by atoms with Crippen LogP contribution < -0.4 is 10.1 Å². The highest BCUT2D eigenvalue weighted by molar-refractivity contribution is 5.33. The Morgan fingerprint density at radius 1 is 1.37 bits per heavy atom. The van der Waals surface area contributed by atoms with Gasteiger partial charge in [-0.05, 0) is 50.3 Å². The normalized spacial score (nSPS) is 12.1. The van der Waals surface area contributed by atoms with Gasteiger partial charge in [-0.25, -0.2) is 0 Å². The maximum atomic E-state index is 5.43. The monoisotopic (exact) mass is 261 g/mol. The SMILES string of the molecule is C=CCCCC(Cc1ccccc1OC)NCCC. The molecule has 0 amide bonds. The fourth-order valence-electron chi connectivity index (χ4n) is 2.27. The van der Waals surface area contributed by atoms with E-state index in [-0.39, 0.29) is 0 Å². The molecule has 106 valence electrons. The van der Waals surface area contributed by atoms with E-state index in [9.17, 15) is 0 Å². The molecule has 0 aliphatic carbocycles. The van der Waals surface area contributed by atoms with Gasteiger partial charge >= 0.3 is 0 Å². The standard InChI is InChI=1S/C17H27NO/c1-4-6-7-11-16(18-13-5-2)14-15-10-8-9-12-17(15)19-3/h4,8-10,12,16,18H,1,5-7,11,13-14H2,2-3H3. The third kappa shape index (κ3) is 5.93. The van der Waals surface area contributed by atoms with Gasteiger partial charge in [0.2, 0.25) is 0 Å². The summed E-state index contributed by atoms with van der Waals surface area (Å²) in [4.78, 5) is 0. The smallest absolute Gasteiger partial charge is 0.122 e. The first-order valence-electron chi connectivity index (χ1n) is 7.28. The Kier molecular flexibility index (Phi) is 7.99. The third-order valence-corrected chi connectivity index (χ3v) is 3.30. The molecule has 1 unspecified atom stereocenters. The highest BCUT2D eigenvalue weighted by atomic mass is 16.5. The maximum absolute atomic E-state index is 5.43. The van der Waals surface area contributed by atoms with Crippen molar-refractivity contribution in [3.8, 4) is 5.75 Å². The van der Waals surface area contributed by atoms with Gasteiger partial charge in [0.1, 0.15) is 5.75 Å². The van der Waals surface area contributed by atoms with Gasteiger partial charge < -0.3 is 10.1 Å². The number of benzene rings is 1. The van der Waals surface area contributed by atoms with E-state index >= 15 is 0 Å². The Labute approximate surface area is 117 Å². The summed E-state index contributed by atoms with van der Waals surface area (Å²) >= 11 is 0. The molecule has 0 spiro atoms. The summed E-state index contributed by atoms with van der Waals surface area (Å²) in [5.74, 6) is 0.995. The Morgan fingerprint density at radius 3 is 2.84 bits per heavy atom. The summed E-state index contributed by atoms with van der Waals surface area (Å²) in [6, 6.07) is 8.83. The van der Waals surface area contributed by atoms with Gasteiger partial charge in [-0.1, -0.05) is 31.2 Å². The van der Waals surface area contributed by atoms with Gasteiger partial charge in [-0.15, -0.1) is 6.58 Å². The van der Waals surface area contributed by atoms with Crippen molar-refractivity contribution in [2.24, 2.45) is 0 Å². The molecule has 0 aliphatic rings. The second kappa shape index (κ2) is 9.62. The van der Waals surface area contributed by atoms with Crippen LogP contribution in [-0.2, 0) is 6.42 Å². The molecule has 1 rings (SSSR count). The van der Waals surface area contributed by atoms with Crippen LogP contribution in [0, 0.1) is 0 Å². The molecule has 0 bridgehead atoms. The summed E-state index contributed by atoms with van der Waals surface area (Å²) in [6.07, 6.45) is 7.67. The number of ether oxygens (including phenoxy) is 1. The minimum Gasteiger partial charge on any atom is -0.496 e. The zero-order valence-corrected chi connectivity index (χ0v) is 12.3. The molecule has 0 aromatic heterocycles. The lowest BCUT2D eigenvalue weighted by molar-refractivity contribution is 0.401. The van der Waals surface area contributed by atoms with Crippen molar-refractivity contribution in [2.45, 2.75) is 45.1 Å². The van der Waals surface area contributed by atoms with E-state index < -0.39 is 0 Å². The number of rotatable bonds is 10. The third-order valence-electron chi connectivity index (χ3n) is 3.30. The van der Waals surface area contributed by atoms with Crippen molar-refractivity contribution < 1.29 is 4.74 Å². The molecule has 0 saturated carbocycles. The molecular weight excluding hydrogens is 234 g/mol. The summed E-state index contributed by atoms with van der Waals surface area (Å²) < 4.78 is 5.43. The number of nitrogens with one attached hydrogen (secondary N) is 1. The van der Waals surface area contributed by atoms with Crippen LogP contribution >= 0.6 is 0 Å². The molecule has 2 nitrogen and oxygen atoms in total. The molecule has 1 N–H and O–H groups in total. The lowest BCUT2D eigenvalue weighted by Gasteiger charge is -2.19. The lowest BCUT2D eigenvalue weighted by Crippen LogP contribution is -2.31. The Balaban J connectivity index is 2.60. The van der Waals surface area contributed by atoms with Crippen molar-refractivity contribution in [2.75, 3.05) is 13.7 Å². The second-order valence-electron chi connectivity index (χ2n) is 4.89. The van der Waals surface area contributed by atoms with Crippen LogP contribution in [0.2, 0.25) is 0 Å². The predicted octanol–water partition coefficient (Wildman–Crippen LogP) is 3.96. The van der Waals surface area contributed by atoms with E-state index in [0.29, 0.717) is 6.04 Å². The maximum Gasteiger partial charge on any atom is 0.122 e.